The summed E-state index contributed by atoms with van der Waals surface area (Å²) in [7, 11) is 0. The maximum absolute atomic E-state index is 4.00. The van der Waals surface area contributed by atoms with Crippen LogP contribution >= 0.6 is 0 Å². The Kier molecular flexibility index (Phi) is 2.90. The van der Waals surface area contributed by atoms with Gasteiger partial charge in [0.1, 0.15) is 0 Å². The lowest BCUT2D eigenvalue weighted by molar-refractivity contribution is 0.815. The molecule has 1 aromatic carbocycles. The van der Waals surface area contributed by atoms with Crippen LogP contribution in [0.2, 0.25) is 0 Å². The number of nitrogens with zero attached hydrogens (tertiary/aromatic N) is 4. The van der Waals surface area contributed by atoms with Gasteiger partial charge < -0.3 is 0 Å². The molecule has 0 fully saturated rings. The Labute approximate surface area is 94.8 Å². The fourth-order valence-corrected chi connectivity index (χ4v) is 1.41. The summed E-state index contributed by atoms with van der Waals surface area (Å²) in [5.74, 6) is 1.69. The molecule has 0 atom stereocenters. The molecular formula is C12H14N4. The zero-order valence-corrected chi connectivity index (χ0v) is 9.68. The van der Waals surface area contributed by atoms with Gasteiger partial charge in [0.05, 0.1) is 0 Å². The molecule has 1 heterocycles. The Morgan fingerprint density at radius 3 is 1.94 bits per heavy atom. The average Bonchev–Trinajstić information content (AvgIpc) is 2.30. The summed E-state index contributed by atoms with van der Waals surface area (Å²) in [5, 5.41) is 15.8. The van der Waals surface area contributed by atoms with Crippen LogP contribution in [0.25, 0.3) is 11.4 Å². The van der Waals surface area contributed by atoms with E-state index in [1.165, 1.54) is 5.56 Å². The second-order valence-corrected chi connectivity index (χ2v) is 4.05. The first kappa shape index (κ1) is 10.7. The van der Waals surface area contributed by atoms with Crippen LogP contribution in [0.3, 0.4) is 0 Å². The Morgan fingerprint density at radius 2 is 1.44 bits per heavy atom. The van der Waals surface area contributed by atoms with E-state index in [0.29, 0.717) is 17.6 Å². The van der Waals surface area contributed by atoms with Gasteiger partial charge in [-0.15, -0.1) is 20.4 Å². The Hall–Kier alpha value is -1.84. The van der Waals surface area contributed by atoms with Crippen molar-refractivity contribution in [3.8, 4) is 11.4 Å². The van der Waals surface area contributed by atoms with Crippen molar-refractivity contribution in [3.05, 3.63) is 35.7 Å². The molecule has 16 heavy (non-hydrogen) atoms. The van der Waals surface area contributed by atoms with E-state index in [1.54, 1.807) is 6.92 Å². The molecule has 4 nitrogen and oxygen atoms in total. The number of aryl methyl sites for hydroxylation is 1. The molecule has 0 radical (unpaired) electrons. The summed E-state index contributed by atoms with van der Waals surface area (Å²) in [6, 6.07) is 8.18. The van der Waals surface area contributed by atoms with Gasteiger partial charge in [0.25, 0.3) is 0 Å². The third-order valence-corrected chi connectivity index (χ3v) is 2.41. The highest BCUT2D eigenvalue weighted by Gasteiger charge is 2.04. The number of hydrogen-bond acceptors (Lipinski definition) is 4. The van der Waals surface area contributed by atoms with Crippen molar-refractivity contribution in [1.82, 2.24) is 20.4 Å². The first-order valence-electron chi connectivity index (χ1n) is 5.31. The molecule has 2 aromatic rings. The van der Waals surface area contributed by atoms with Crippen LogP contribution < -0.4 is 0 Å². The molecule has 0 amide bonds. The van der Waals surface area contributed by atoms with Gasteiger partial charge in [-0.25, -0.2) is 0 Å². The van der Waals surface area contributed by atoms with E-state index in [0.717, 1.165) is 5.56 Å². The molecule has 0 saturated heterocycles. The minimum absolute atomic E-state index is 0.532. The van der Waals surface area contributed by atoms with E-state index in [9.17, 15) is 0 Å². The lowest BCUT2D eigenvalue weighted by atomic mass is 10.0. The van der Waals surface area contributed by atoms with E-state index in [4.69, 9.17) is 0 Å². The minimum atomic E-state index is 0.532. The minimum Gasteiger partial charge on any atom is -0.131 e. The summed E-state index contributed by atoms with van der Waals surface area (Å²) >= 11 is 0. The molecule has 0 N–H and O–H groups in total. The van der Waals surface area contributed by atoms with Gasteiger partial charge in [0, 0.05) is 5.56 Å². The van der Waals surface area contributed by atoms with Crippen molar-refractivity contribution >= 4 is 0 Å². The molecular weight excluding hydrogens is 200 g/mol. The van der Waals surface area contributed by atoms with Crippen molar-refractivity contribution in [2.24, 2.45) is 0 Å². The molecule has 4 heteroatoms. The van der Waals surface area contributed by atoms with Crippen LogP contribution in [-0.2, 0) is 0 Å². The van der Waals surface area contributed by atoms with Gasteiger partial charge >= 0.3 is 0 Å². The highest BCUT2D eigenvalue weighted by molar-refractivity contribution is 5.54. The first-order valence-corrected chi connectivity index (χ1v) is 5.31. The molecule has 0 unspecified atom stereocenters. The molecule has 1 aromatic heterocycles. The third kappa shape index (κ3) is 2.21. The molecule has 0 saturated carbocycles. The van der Waals surface area contributed by atoms with Gasteiger partial charge in [-0.1, -0.05) is 38.1 Å². The summed E-state index contributed by atoms with van der Waals surface area (Å²) < 4.78 is 0. The smallest absolute Gasteiger partial charge is 0.131 e. The molecule has 0 spiro atoms. The Bertz CT molecular complexity index is 459. The van der Waals surface area contributed by atoms with E-state index < -0.39 is 0 Å². The Balaban J connectivity index is 2.31. The van der Waals surface area contributed by atoms with Gasteiger partial charge in [0.15, 0.2) is 5.82 Å². The van der Waals surface area contributed by atoms with Crippen molar-refractivity contribution < 1.29 is 0 Å². The van der Waals surface area contributed by atoms with Crippen molar-refractivity contribution in [2.75, 3.05) is 0 Å². The zero-order valence-electron chi connectivity index (χ0n) is 9.68. The monoisotopic (exact) mass is 214 g/mol. The standard InChI is InChI=1S/C12H14N4/c1-8(2)10-4-6-11(7-5-10)12-15-13-9(3)14-16-12/h4-8H,1-3H3. The lowest BCUT2D eigenvalue weighted by Crippen LogP contribution is -1.98. The van der Waals surface area contributed by atoms with Gasteiger partial charge in [-0.3, -0.25) is 0 Å². The third-order valence-electron chi connectivity index (χ3n) is 2.41. The molecule has 0 bridgehead atoms. The van der Waals surface area contributed by atoms with E-state index in [1.807, 2.05) is 12.1 Å². The quantitative estimate of drug-likeness (QED) is 0.770. The number of benzene rings is 1. The SMILES string of the molecule is Cc1nnc(-c2ccc(C(C)C)cc2)nn1. The second kappa shape index (κ2) is 4.35. The van der Waals surface area contributed by atoms with Crippen LogP contribution in [0.15, 0.2) is 24.3 Å². The van der Waals surface area contributed by atoms with Crippen molar-refractivity contribution in [3.63, 3.8) is 0 Å². The second-order valence-electron chi connectivity index (χ2n) is 4.05. The van der Waals surface area contributed by atoms with E-state index >= 15 is 0 Å². The van der Waals surface area contributed by atoms with Crippen molar-refractivity contribution in [1.29, 1.82) is 0 Å². The first-order chi connectivity index (χ1) is 7.66. The molecule has 2 rings (SSSR count). The van der Waals surface area contributed by atoms with Gasteiger partial charge in [0.2, 0.25) is 5.82 Å². The summed E-state index contributed by atoms with van der Waals surface area (Å²) in [4.78, 5) is 0. The molecule has 0 aliphatic heterocycles. The van der Waals surface area contributed by atoms with Crippen LogP contribution in [0.4, 0.5) is 0 Å². The summed E-state index contributed by atoms with van der Waals surface area (Å²) in [5.41, 5.74) is 2.25. The van der Waals surface area contributed by atoms with Crippen molar-refractivity contribution in [2.45, 2.75) is 26.7 Å². The molecule has 82 valence electrons. The highest BCUT2D eigenvalue weighted by Crippen LogP contribution is 2.18. The molecule has 0 aliphatic carbocycles. The highest BCUT2D eigenvalue weighted by atomic mass is 15.3. The summed E-state index contributed by atoms with van der Waals surface area (Å²) in [6.07, 6.45) is 0. The summed E-state index contributed by atoms with van der Waals surface area (Å²) in [6.45, 7) is 6.10. The van der Waals surface area contributed by atoms with E-state index in [-0.39, 0.29) is 0 Å². The van der Waals surface area contributed by atoms with Crippen LogP contribution in [0.1, 0.15) is 31.2 Å². The number of hydrogen-bond donors (Lipinski definition) is 0. The van der Waals surface area contributed by atoms with Crippen LogP contribution in [0, 0.1) is 6.92 Å². The maximum Gasteiger partial charge on any atom is 0.203 e. The Morgan fingerprint density at radius 1 is 0.875 bits per heavy atom. The number of rotatable bonds is 2. The molecule has 0 aliphatic rings. The zero-order chi connectivity index (χ0) is 11.5. The van der Waals surface area contributed by atoms with Crippen LogP contribution in [0.5, 0.6) is 0 Å². The van der Waals surface area contributed by atoms with Gasteiger partial charge in [-0.05, 0) is 18.4 Å². The largest absolute Gasteiger partial charge is 0.203 e. The average molecular weight is 214 g/mol. The maximum atomic E-state index is 4.00. The predicted molar refractivity (Wildman–Crippen MR) is 61.9 cm³/mol. The van der Waals surface area contributed by atoms with Crippen LogP contribution in [-0.4, -0.2) is 20.4 Å². The number of aromatic nitrogens is 4. The topological polar surface area (TPSA) is 51.6 Å². The fraction of sp³-hybridized carbons (Fsp3) is 0.333. The van der Waals surface area contributed by atoms with Gasteiger partial charge in [-0.2, -0.15) is 0 Å². The van der Waals surface area contributed by atoms with E-state index in [2.05, 4.69) is 46.4 Å². The normalized spacial score (nSPS) is 10.8. The lowest BCUT2D eigenvalue weighted by Gasteiger charge is -2.05. The predicted octanol–water partition coefficient (Wildman–Crippen LogP) is 2.37. The fourth-order valence-electron chi connectivity index (χ4n) is 1.41.